The Morgan fingerprint density at radius 3 is 1.47 bits per heavy atom. The van der Waals surface area contributed by atoms with Crippen molar-refractivity contribution >= 4 is 6.16 Å². The quantitative estimate of drug-likeness (QED) is 0.342. The van der Waals surface area contributed by atoms with Gasteiger partial charge in [-0.1, -0.05) is 60.7 Å². The Labute approximate surface area is 181 Å². The number of benzene rings is 2. The van der Waals surface area contributed by atoms with E-state index in [2.05, 4.69) is 72.4 Å². The van der Waals surface area contributed by atoms with Crippen LogP contribution in [-0.4, -0.2) is 69.4 Å². The minimum Gasteiger partial charge on any atom is -0.434 e. The van der Waals surface area contributed by atoms with Gasteiger partial charge in [0.2, 0.25) is 0 Å². The van der Waals surface area contributed by atoms with Gasteiger partial charge in [-0.15, -0.1) is 0 Å². The third-order valence-electron chi connectivity index (χ3n) is 5.06. The molecule has 0 heterocycles. The summed E-state index contributed by atoms with van der Waals surface area (Å²) in [6.45, 7) is 4.56. The average Bonchev–Trinajstić information content (AvgIpc) is 2.78. The standard InChI is InChI=1S/C25H36N2O3/c1-26(19-15-23-11-5-3-6-12-23)17-9-21-29-25(28)30-22-10-18-27(2)20-16-24-13-7-4-8-14-24/h3-8,11-14H,9-10,15-22H2,1-2H3. The molecule has 0 saturated heterocycles. The molecule has 2 aromatic rings. The van der Waals surface area contributed by atoms with E-state index in [4.69, 9.17) is 9.47 Å². The maximum Gasteiger partial charge on any atom is 0.508 e. The summed E-state index contributed by atoms with van der Waals surface area (Å²) in [6, 6.07) is 20.9. The van der Waals surface area contributed by atoms with Gasteiger partial charge in [0, 0.05) is 26.2 Å². The SMILES string of the molecule is CN(CCCOC(=O)OCCCN(C)CCc1ccccc1)CCc1ccccc1. The van der Waals surface area contributed by atoms with Crippen molar-refractivity contribution in [1.82, 2.24) is 9.80 Å². The monoisotopic (exact) mass is 412 g/mol. The average molecular weight is 413 g/mol. The Kier molecular flexibility index (Phi) is 11.6. The Hall–Kier alpha value is -2.37. The number of ether oxygens (including phenoxy) is 2. The normalized spacial score (nSPS) is 11.1. The molecule has 2 rings (SSSR count). The van der Waals surface area contributed by atoms with Crippen LogP contribution in [0.4, 0.5) is 4.79 Å². The van der Waals surface area contributed by atoms with E-state index >= 15 is 0 Å². The van der Waals surface area contributed by atoms with Crippen molar-refractivity contribution in [1.29, 1.82) is 0 Å². The summed E-state index contributed by atoms with van der Waals surface area (Å²) >= 11 is 0. The second-order valence-corrected chi connectivity index (χ2v) is 7.73. The van der Waals surface area contributed by atoms with Crippen LogP contribution in [0.2, 0.25) is 0 Å². The lowest BCUT2D eigenvalue weighted by Crippen LogP contribution is -2.24. The highest BCUT2D eigenvalue weighted by atomic mass is 16.7. The molecule has 30 heavy (non-hydrogen) atoms. The van der Waals surface area contributed by atoms with Gasteiger partial charge in [-0.3, -0.25) is 0 Å². The van der Waals surface area contributed by atoms with E-state index in [0.717, 1.165) is 51.9 Å². The molecule has 0 unspecified atom stereocenters. The molecule has 5 heteroatoms. The van der Waals surface area contributed by atoms with E-state index in [1.54, 1.807) is 0 Å². The van der Waals surface area contributed by atoms with E-state index in [-0.39, 0.29) is 0 Å². The highest BCUT2D eigenvalue weighted by Crippen LogP contribution is 2.02. The van der Waals surface area contributed by atoms with Crippen molar-refractivity contribution in [3.05, 3.63) is 71.8 Å². The number of hydrogen-bond donors (Lipinski definition) is 0. The van der Waals surface area contributed by atoms with Gasteiger partial charge < -0.3 is 19.3 Å². The van der Waals surface area contributed by atoms with Crippen LogP contribution in [0.1, 0.15) is 24.0 Å². The van der Waals surface area contributed by atoms with Gasteiger partial charge in [-0.2, -0.15) is 0 Å². The van der Waals surface area contributed by atoms with Crippen molar-refractivity contribution in [2.75, 3.05) is 53.5 Å². The summed E-state index contributed by atoms with van der Waals surface area (Å²) in [6.07, 6.45) is 3.11. The Balaban J connectivity index is 1.42. The summed E-state index contributed by atoms with van der Waals surface area (Å²) in [5.41, 5.74) is 2.68. The zero-order valence-electron chi connectivity index (χ0n) is 18.5. The first kappa shape index (κ1) is 23.9. The van der Waals surface area contributed by atoms with E-state index in [0.29, 0.717) is 13.2 Å². The molecule has 0 aliphatic heterocycles. The molecule has 0 amide bonds. The van der Waals surface area contributed by atoms with E-state index in [9.17, 15) is 4.79 Å². The lowest BCUT2D eigenvalue weighted by molar-refractivity contribution is 0.0507. The van der Waals surface area contributed by atoms with Crippen molar-refractivity contribution in [3.63, 3.8) is 0 Å². The van der Waals surface area contributed by atoms with Crippen LogP contribution in [-0.2, 0) is 22.3 Å². The summed E-state index contributed by atoms with van der Waals surface area (Å²) in [5.74, 6) is 0. The lowest BCUT2D eigenvalue weighted by atomic mass is 10.1. The molecule has 0 radical (unpaired) electrons. The second kappa shape index (κ2) is 14.6. The molecule has 5 nitrogen and oxygen atoms in total. The fourth-order valence-electron chi connectivity index (χ4n) is 3.17. The Morgan fingerprint density at radius 2 is 1.07 bits per heavy atom. The molecule has 0 bridgehead atoms. The van der Waals surface area contributed by atoms with E-state index in [1.807, 2.05) is 12.1 Å². The molecular weight excluding hydrogens is 376 g/mol. The third-order valence-corrected chi connectivity index (χ3v) is 5.06. The van der Waals surface area contributed by atoms with Crippen molar-refractivity contribution in [2.24, 2.45) is 0 Å². The van der Waals surface area contributed by atoms with Crippen LogP contribution in [0.25, 0.3) is 0 Å². The van der Waals surface area contributed by atoms with Crippen molar-refractivity contribution in [2.45, 2.75) is 25.7 Å². The number of carbonyl (C=O) groups is 1. The Morgan fingerprint density at radius 1 is 0.667 bits per heavy atom. The maximum absolute atomic E-state index is 11.7. The minimum atomic E-state index is -0.561. The van der Waals surface area contributed by atoms with Crippen LogP contribution in [0.15, 0.2) is 60.7 Å². The van der Waals surface area contributed by atoms with Gasteiger partial charge in [0.05, 0.1) is 13.2 Å². The summed E-state index contributed by atoms with van der Waals surface area (Å²) in [7, 11) is 4.19. The second-order valence-electron chi connectivity index (χ2n) is 7.73. The zero-order valence-corrected chi connectivity index (χ0v) is 18.5. The largest absolute Gasteiger partial charge is 0.508 e. The van der Waals surface area contributed by atoms with Crippen LogP contribution in [0.3, 0.4) is 0 Å². The van der Waals surface area contributed by atoms with Crippen LogP contribution < -0.4 is 0 Å². The van der Waals surface area contributed by atoms with Gasteiger partial charge in [0.25, 0.3) is 0 Å². The summed E-state index contributed by atoms with van der Waals surface area (Å²) < 4.78 is 10.3. The molecule has 0 fully saturated rings. The fourth-order valence-corrected chi connectivity index (χ4v) is 3.17. The number of likely N-dealkylation sites (N-methyl/N-ethyl adjacent to an activating group) is 2. The van der Waals surface area contributed by atoms with Crippen molar-refractivity contribution in [3.8, 4) is 0 Å². The highest BCUT2D eigenvalue weighted by Gasteiger charge is 2.06. The van der Waals surface area contributed by atoms with Crippen LogP contribution >= 0.6 is 0 Å². The first-order valence-electron chi connectivity index (χ1n) is 10.9. The zero-order chi connectivity index (χ0) is 21.4. The number of hydrogen-bond acceptors (Lipinski definition) is 5. The first-order chi connectivity index (χ1) is 14.6. The predicted molar refractivity (Wildman–Crippen MR) is 122 cm³/mol. The lowest BCUT2D eigenvalue weighted by Gasteiger charge is -2.17. The molecule has 0 atom stereocenters. The summed E-state index contributed by atoms with van der Waals surface area (Å²) in [5, 5.41) is 0. The van der Waals surface area contributed by atoms with Gasteiger partial charge in [0.1, 0.15) is 0 Å². The molecule has 0 aromatic heterocycles. The van der Waals surface area contributed by atoms with Crippen LogP contribution in [0.5, 0.6) is 0 Å². The van der Waals surface area contributed by atoms with Gasteiger partial charge in [0.15, 0.2) is 0 Å². The fraction of sp³-hybridized carbons (Fsp3) is 0.480. The van der Waals surface area contributed by atoms with Gasteiger partial charge in [-0.05, 0) is 50.9 Å². The smallest absolute Gasteiger partial charge is 0.434 e. The van der Waals surface area contributed by atoms with E-state index in [1.165, 1.54) is 11.1 Å². The minimum absolute atomic E-state index is 0.394. The molecule has 0 saturated carbocycles. The molecule has 0 aliphatic rings. The molecule has 0 spiro atoms. The van der Waals surface area contributed by atoms with Crippen LogP contribution in [0, 0.1) is 0 Å². The third kappa shape index (κ3) is 11.0. The molecular formula is C25H36N2O3. The van der Waals surface area contributed by atoms with Gasteiger partial charge >= 0.3 is 6.16 Å². The molecule has 164 valence electrons. The Bertz CT molecular complexity index is 635. The maximum atomic E-state index is 11.7. The predicted octanol–water partition coefficient (Wildman–Crippen LogP) is 4.27. The van der Waals surface area contributed by atoms with Gasteiger partial charge in [-0.25, -0.2) is 4.79 Å². The number of rotatable bonds is 14. The number of nitrogens with zero attached hydrogens (tertiary/aromatic N) is 2. The number of carbonyl (C=O) groups excluding carboxylic acids is 1. The molecule has 0 N–H and O–H groups in total. The topological polar surface area (TPSA) is 42.0 Å². The molecule has 0 aliphatic carbocycles. The highest BCUT2D eigenvalue weighted by molar-refractivity contribution is 5.59. The first-order valence-corrected chi connectivity index (χ1v) is 10.9. The molecule has 2 aromatic carbocycles. The van der Waals surface area contributed by atoms with Crippen molar-refractivity contribution < 1.29 is 14.3 Å². The van der Waals surface area contributed by atoms with E-state index < -0.39 is 6.16 Å². The summed E-state index contributed by atoms with van der Waals surface area (Å²) in [4.78, 5) is 16.2.